The molecule has 3 heteroatoms. The third kappa shape index (κ3) is 3.09. The van der Waals surface area contributed by atoms with Crippen LogP contribution in [0.4, 0.5) is 0 Å². The molecule has 0 aliphatic carbocycles. The van der Waals surface area contributed by atoms with Crippen molar-refractivity contribution in [2.45, 2.75) is 25.9 Å². The molecular weight excluding hydrogens is 252 g/mol. The van der Waals surface area contributed by atoms with E-state index in [4.69, 9.17) is 11.6 Å². The molecule has 0 fully saturated rings. The minimum atomic E-state index is -0.436. The SMILES string of the molecule is Cc1c(Cl)cccc1C(O)CCc1ccsc1. The first kappa shape index (κ1) is 12.6. The van der Waals surface area contributed by atoms with Gasteiger partial charge < -0.3 is 5.11 Å². The van der Waals surface area contributed by atoms with Crippen LogP contribution in [0.2, 0.25) is 5.02 Å². The summed E-state index contributed by atoms with van der Waals surface area (Å²) in [5.41, 5.74) is 3.20. The number of halogens is 1. The molecular formula is C14H15ClOS. The van der Waals surface area contributed by atoms with E-state index < -0.39 is 6.10 Å². The molecule has 0 amide bonds. The quantitative estimate of drug-likeness (QED) is 0.871. The Bertz CT molecular complexity index is 479. The number of hydrogen-bond donors (Lipinski definition) is 1. The van der Waals surface area contributed by atoms with Crippen LogP contribution in [-0.2, 0) is 6.42 Å². The van der Waals surface area contributed by atoms with E-state index in [1.54, 1.807) is 11.3 Å². The highest BCUT2D eigenvalue weighted by Gasteiger charge is 2.12. The van der Waals surface area contributed by atoms with E-state index in [0.29, 0.717) is 0 Å². The highest BCUT2D eigenvalue weighted by molar-refractivity contribution is 7.07. The molecule has 0 saturated heterocycles. The van der Waals surface area contributed by atoms with Crippen LogP contribution in [-0.4, -0.2) is 5.11 Å². The van der Waals surface area contributed by atoms with Gasteiger partial charge in [-0.2, -0.15) is 11.3 Å². The molecule has 0 radical (unpaired) electrons. The number of aryl methyl sites for hydroxylation is 1. The van der Waals surface area contributed by atoms with Gasteiger partial charge in [0.15, 0.2) is 0 Å². The summed E-state index contributed by atoms with van der Waals surface area (Å²) in [7, 11) is 0. The molecule has 90 valence electrons. The number of aliphatic hydroxyl groups is 1. The molecule has 0 bridgehead atoms. The lowest BCUT2D eigenvalue weighted by Crippen LogP contribution is -2.01. The van der Waals surface area contributed by atoms with E-state index in [1.807, 2.05) is 25.1 Å². The van der Waals surface area contributed by atoms with Crippen LogP contribution in [0, 0.1) is 6.92 Å². The van der Waals surface area contributed by atoms with Crippen molar-refractivity contribution < 1.29 is 5.11 Å². The summed E-state index contributed by atoms with van der Waals surface area (Å²) >= 11 is 7.74. The molecule has 0 aliphatic rings. The zero-order valence-electron chi connectivity index (χ0n) is 9.69. The Morgan fingerprint density at radius 3 is 2.88 bits per heavy atom. The van der Waals surface area contributed by atoms with E-state index in [9.17, 15) is 5.11 Å². The van der Waals surface area contributed by atoms with E-state index in [2.05, 4.69) is 16.8 Å². The van der Waals surface area contributed by atoms with Crippen molar-refractivity contribution in [1.82, 2.24) is 0 Å². The Labute approximate surface area is 111 Å². The van der Waals surface area contributed by atoms with E-state index in [0.717, 1.165) is 29.0 Å². The van der Waals surface area contributed by atoms with Crippen molar-refractivity contribution in [3.63, 3.8) is 0 Å². The van der Waals surface area contributed by atoms with Crippen LogP contribution >= 0.6 is 22.9 Å². The molecule has 17 heavy (non-hydrogen) atoms. The van der Waals surface area contributed by atoms with Crippen LogP contribution in [0.5, 0.6) is 0 Å². The van der Waals surface area contributed by atoms with E-state index >= 15 is 0 Å². The predicted octanol–water partition coefficient (Wildman–Crippen LogP) is 4.38. The van der Waals surface area contributed by atoms with Gasteiger partial charge in [0.1, 0.15) is 0 Å². The maximum atomic E-state index is 10.2. The average molecular weight is 267 g/mol. The van der Waals surface area contributed by atoms with Gasteiger partial charge in [-0.1, -0.05) is 23.7 Å². The fraction of sp³-hybridized carbons (Fsp3) is 0.286. The Kier molecular flexibility index (Phi) is 4.21. The van der Waals surface area contributed by atoms with Crippen molar-refractivity contribution in [3.8, 4) is 0 Å². The average Bonchev–Trinajstić information content (AvgIpc) is 2.82. The number of thiophene rings is 1. The molecule has 1 aromatic carbocycles. The molecule has 1 aromatic heterocycles. The Morgan fingerprint density at radius 1 is 1.35 bits per heavy atom. The lowest BCUT2D eigenvalue weighted by Gasteiger charge is -2.14. The lowest BCUT2D eigenvalue weighted by molar-refractivity contribution is 0.167. The van der Waals surface area contributed by atoms with E-state index in [-0.39, 0.29) is 0 Å². The van der Waals surface area contributed by atoms with Crippen LogP contribution in [0.3, 0.4) is 0 Å². The molecule has 1 N–H and O–H groups in total. The van der Waals surface area contributed by atoms with Gasteiger partial charge in [-0.15, -0.1) is 0 Å². The maximum Gasteiger partial charge on any atom is 0.0796 e. The molecule has 1 unspecified atom stereocenters. The second-order valence-electron chi connectivity index (χ2n) is 4.14. The Hall–Kier alpha value is -0.830. The summed E-state index contributed by atoms with van der Waals surface area (Å²) in [5, 5.41) is 15.1. The zero-order valence-corrected chi connectivity index (χ0v) is 11.3. The smallest absolute Gasteiger partial charge is 0.0796 e. The maximum absolute atomic E-state index is 10.2. The summed E-state index contributed by atoms with van der Waals surface area (Å²) in [6.45, 7) is 1.95. The molecule has 1 heterocycles. The number of hydrogen-bond acceptors (Lipinski definition) is 2. The van der Waals surface area contributed by atoms with Gasteiger partial charge in [-0.25, -0.2) is 0 Å². The summed E-state index contributed by atoms with van der Waals surface area (Å²) in [6.07, 6.45) is 1.20. The first-order valence-electron chi connectivity index (χ1n) is 5.62. The van der Waals surface area contributed by atoms with Crippen molar-refractivity contribution in [2.75, 3.05) is 0 Å². The van der Waals surface area contributed by atoms with Gasteiger partial charge in [-0.3, -0.25) is 0 Å². The molecule has 2 aromatic rings. The second-order valence-corrected chi connectivity index (χ2v) is 5.33. The van der Waals surface area contributed by atoms with Crippen LogP contribution in [0.15, 0.2) is 35.0 Å². The molecule has 0 aliphatic heterocycles. The van der Waals surface area contributed by atoms with Crippen molar-refractivity contribution in [1.29, 1.82) is 0 Å². The Balaban J connectivity index is 2.04. The Morgan fingerprint density at radius 2 is 2.18 bits per heavy atom. The van der Waals surface area contributed by atoms with Crippen LogP contribution in [0.25, 0.3) is 0 Å². The van der Waals surface area contributed by atoms with Crippen molar-refractivity contribution in [2.24, 2.45) is 0 Å². The number of aliphatic hydroxyl groups excluding tert-OH is 1. The second kappa shape index (κ2) is 5.67. The topological polar surface area (TPSA) is 20.2 Å². The van der Waals surface area contributed by atoms with Gasteiger partial charge in [0.25, 0.3) is 0 Å². The molecule has 0 saturated carbocycles. The van der Waals surface area contributed by atoms with Crippen LogP contribution < -0.4 is 0 Å². The number of benzene rings is 1. The van der Waals surface area contributed by atoms with Gasteiger partial charge in [0.05, 0.1) is 6.10 Å². The normalized spacial score (nSPS) is 12.6. The standard InChI is InChI=1S/C14H15ClOS/c1-10-12(3-2-4-13(10)15)14(16)6-5-11-7-8-17-9-11/h2-4,7-9,14,16H,5-6H2,1H3. The first-order valence-corrected chi connectivity index (χ1v) is 6.94. The van der Waals surface area contributed by atoms with Gasteiger partial charge in [-0.05, 0) is 59.3 Å². The lowest BCUT2D eigenvalue weighted by atomic mass is 9.99. The molecule has 1 atom stereocenters. The summed E-state index contributed by atoms with van der Waals surface area (Å²) < 4.78 is 0. The van der Waals surface area contributed by atoms with Gasteiger partial charge in [0.2, 0.25) is 0 Å². The predicted molar refractivity (Wildman–Crippen MR) is 73.8 cm³/mol. The molecule has 2 rings (SSSR count). The summed E-state index contributed by atoms with van der Waals surface area (Å²) in [6, 6.07) is 7.78. The number of rotatable bonds is 4. The fourth-order valence-corrected chi connectivity index (χ4v) is 2.76. The van der Waals surface area contributed by atoms with Gasteiger partial charge >= 0.3 is 0 Å². The highest BCUT2D eigenvalue weighted by Crippen LogP contribution is 2.27. The monoisotopic (exact) mass is 266 g/mol. The van der Waals surface area contributed by atoms with Crippen molar-refractivity contribution >= 4 is 22.9 Å². The molecule has 1 nitrogen and oxygen atoms in total. The van der Waals surface area contributed by atoms with Gasteiger partial charge in [0, 0.05) is 5.02 Å². The fourth-order valence-electron chi connectivity index (χ4n) is 1.88. The first-order chi connectivity index (χ1) is 8.18. The summed E-state index contributed by atoms with van der Waals surface area (Å²) in [5.74, 6) is 0. The minimum absolute atomic E-state index is 0.436. The largest absolute Gasteiger partial charge is 0.388 e. The van der Waals surface area contributed by atoms with Crippen molar-refractivity contribution in [3.05, 3.63) is 56.7 Å². The van der Waals surface area contributed by atoms with E-state index in [1.165, 1.54) is 5.56 Å². The van der Waals surface area contributed by atoms with Crippen LogP contribution in [0.1, 0.15) is 29.2 Å². The zero-order chi connectivity index (χ0) is 12.3. The third-order valence-electron chi connectivity index (χ3n) is 2.96. The minimum Gasteiger partial charge on any atom is -0.388 e. The summed E-state index contributed by atoms with van der Waals surface area (Å²) in [4.78, 5) is 0. The molecule has 0 spiro atoms. The highest BCUT2D eigenvalue weighted by atomic mass is 35.5. The third-order valence-corrected chi connectivity index (χ3v) is 4.10.